The van der Waals surface area contributed by atoms with E-state index in [2.05, 4.69) is 24.8 Å². The molecule has 0 saturated heterocycles. The Morgan fingerprint density at radius 2 is 0.776 bits per heavy atom. The first-order chi connectivity index (χ1) is 21.6. The summed E-state index contributed by atoms with van der Waals surface area (Å²) in [4.78, 5) is 20.6. The van der Waals surface area contributed by atoms with Gasteiger partial charge in [0, 0.05) is 51.7 Å². The van der Waals surface area contributed by atoms with Crippen LogP contribution in [-0.4, -0.2) is 24.8 Å². The van der Waals surface area contributed by atoms with Crippen molar-refractivity contribution in [2.45, 2.75) is 33.0 Å². The van der Waals surface area contributed by atoms with Crippen molar-refractivity contribution in [1.29, 1.82) is 10.5 Å². The molecular formula is C27H27F12N7P2Ru+. The van der Waals surface area contributed by atoms with E-state index in [-0.39, 0.29) is 25.5 Å². The Balaban J connectivity index is 0. The molecule has 0 aliphatic heterocycles. The van der Waals surface area contributed by atoms with Gasteiger partial charge in [-0.25, -0.2) is 0 Å². The summed E-state index contributed by atoms with van der Waals surface area (Å²) in [5.74, 6) is 0. The molecule has 0 N–H and O–H groups in total. The quantitative estimate of drug-likeness (QED) is 0.104. The monoisotopic (exact) mass is 841 g/mol. The molecule has 0 aliphatic rings. The molecule has 7 nitrogen and oxygen atoms in total. The first-order valence-electron chi connectivity index (χ1n) is 12.7. The minimum atomic E-state index is -10.7. The Morgan fingerprint density at radius 3 is 0.980 bits per heavy atom. The van der Waals surface area contributed by atoms with Gasteiger partial charge in [-0.05, 0) is 48.5 Å². The van der Waals surface area contributed by atoms with Gasteiger partial charge >= 0.3 is 85.5 Å². The van der Waals surface area contributed by atoms with Gasteiger partial charge in [-0.1, -0.05) is 24.3 Å². The second-order valence-electron chi connectivity index (χ2n) is 8.82. The molecule has 271 valence electrons. The number of aromatic nitrogens is 4. The predicted molar refractivity (Wildman–Crippen MR) is 158 cm³/mol. The van der Waals surface area contributed by atoms with Gasteiger partial charge in [0.25, 0.3) is 0 Å². The summed E-state index contributed by atoms with van der Waals surface area (Å²) in [6, 6.07) is 27.3. The van der Waals surface area contributed by atoms with Crippen molar-refractivity contribution in [2.24, 2.45) is 0 Å². The maximum Gasteiger partial charge on any atom is 3.00 e. The van der Waals surface area contributed by atoms with Crippen LogP contribution in [0.25, 0.3) is 0 Å². The standard InChI is InChI=1S/C23H21N5.2C2H3N.2F6P.Ru/c1-5-13-24-19(9-1)17-28(18-20-10-2-6-14-25-20)23(21-11-3-7-15-26-21)22-12-4-8-16-27-22;2*1-2-3;2*1-7(2,3,4,5)6;/h1-16,23H,17-18H2;2*1H3;;;/q;;;2*-1;+3. The first kappa shape index (κ1) is 47.3. The summed E-state index contributed by atoms with van der Waals surface area (Å²) in [6.07, 6.45) is 7.30. The van der Waals surface area contributed by atoms with Crippen LogP contribution in [0.15, 0.2) is 97.6 Å². The number of hydrogen-bond donors (Lipinski definition) is 0. The van der Waals surface area contributed by atoms with E-state index in [9.17, 15) is 50.4 Å². The zero-order valence-corrected chi connectivity index (χ0v) is 28.7. The molecular weight excluding hydrogens is 813 g/mol. The van der Waals surface area contributed by atoms with Crippen LogP contribution in [-0.2, 0) is 32.6 Å². The Labute approximate surface area is 285 Å². The molecule has 0 aliphatic carbocycles. The Bertz CT molecular complexity index is 1450. The van der Waals surface area contributed by atoms with Crippen LogP contribution in [0.1, 0.15) is 42.7 Å². The maximum atomic E-state index is 9.87. The van der Waals surface area contributed by atoms with Crippen LogP contribution in [0.4, 0.5) is 50.4 Å². The van der Waals surface area contributed by atoms with Crippen molar-refractivity contribution in [3.63, 3.8) is 0 Å². The van der Waals surface area contributed by atoms with Gasteiger partial charge in [-0.15, -0.1) is 0 Å². The van der Waals surface area contributed by atoms with E-state index in [1.165, 1.54) is 13.8 Å². The van der Waals surface area contributed by atoms with Crippen LogP contribution in [0.5, 0.6) is 0 Å². The van der Waals surface area contributed by atoms with Crippen molar-refractivity contribution in [3.05, 3.63) is 120 Å². The van der Waals surface area contributed by atoms with E-state index in [1.54, 1.807) is 12.1 Å². The molecule has 1 radical (unpaired) electrons. The number of halogens is 12. The summed E-state index contributed by atoms with van der Waals surface area (Å²) in [7, 11) is -21.3. The van der Waals surface area contributed by atoms with E-state index in [1.807, 2.05) is 97.6 Å². The molecule has 0 saturated carbocycles. The molecule has 4 aromatic heterocycles. The summed E-state index contributed by atoms with van der Waals surface area (Å²) in [5.41, 5.74) is 3.90. The number of pyridine rings is 4. The van der Waals surface area contributed by atoms with E-state index < -0.39 is 15.6 Å². The average molecular weight is 841 g/mol. The summed E-state index contributed by atoms with van der Waals surface area (Å²) < 4.78 is 118. The first-order valence-corrected chi connectivity index (χ1v) is 16.8. The molecule has 0 spiro atoms. The van der Waals surface area contributed by atoms with Crippen LogP contribution in [0, 0.1) is 22.7 Å². The number of hydrogen-bond acceptors (Lipinski definition) is 7. The fourth-order valence-electron chi connectivity index (χ4n) is 3.24. The normalized spacial score (nSPS) is 13.3. The van der Waals surface area contributed by atoms with Gasteiger partial charge < -0.3 is 0 Å². The topological polar surface area (TPSA) is 102 Å². The third-order valence-corrected chi connectivity index (χ3v) is 4.48. The third kappa shape index (κ3) is 33.9. The molecule has 4 aromatic rings. The molecule has 0 amide bonds. The summed E-state index contributed by atoms with van der Waals surface area (Å²) in [5, 5.41) is 14.6. The second kappa shape index (κ2) is 17.7. The van der Waals surface area contributed by atoms with Crippen molar-refractivity contribution in [3.8, 4) is 12.1 Å². The van der Waals surface area contributed by atoms with Crippen LogP contribution < -0.4 is 0 Å². The van der Waals surface area contributed by atoms with Gasteiger partial charge in [-0.3, -0.25) is 24.8 Å². The fourth-order valence-corrected chi connectivity index (χ4v) is 3.24. The Morgan fingerprint density at radius 1 is 0.531 bits per heavy atom. The van der Waals surface area contributed by atoms with Crippen LogP contribution in [0.2, 0.25) is 0 Å². The van der Waals surface area contributed by atoms with Crippen LogP contribution >= 0.6 is 15.6 Å². The molecule has 0 bridgehead atoms. The number of nitriles is 2. The molecule has 0 aromatic carbocycles. The minimum Gasteiger partial charge on any atom is -0.278 e. The SMILES string of the molecule is CC#N.CC#N.F[P-](F)(F)(F)(F)F.F[P-](F)(F)(F)(F)F.[Ru+3].c1ccc(CN(Cc2ccccn2)C(c2ccccn2)c2ccccn2)nc1. The Hall–Kier alpha value is -3.82. The zero-order chi connectivity index (χ0) is 37.3. The molecule has 0 fully saturated rings. The smallest absolute Gasteiger partial charge is 0.278 e. The van der Waals surface area contributed by atoms with E-state index in [4.69, 9.17) is 10.5 Å². The molecule has 4 heterocycles. The van der Waals surface area contributed by atoms with E-state index in [0.29, 0.717) is 13.1 Å². The third-order valence-electron chi connectivity index (χ3n) is 4.48. The fraction of sp³-hybridized carbons (Fsp3) is 0.185. The van der Waals surface area contributed by atoms with Gasteiger partial charge in [0.1, 0.15) is 0 Å². The number of rotatable bonds is 7. The van der Waals surface area contributed by atoms with E-state index in [0.717, 1.165) is 22.8 Å². The van der Waals surface area contributed by atoms with Crippen LogP contribution in [0.3, 0.4) is 0 Å². The van der Waals surface area contributed by atoms with Gasteiger partial charge in [0.05, 0.1) is 41.0 Å². The molecule has 49 heavy (non-hydrogen) atoms. The van der Waals surface area contributed by atoms with Crippen molar-refractivity contribution >= 4 is 15.6 Å². The van der Waals surface area contributed by atoms with Gasteiger partial charge in [0.2, 0.25) is 0 Å². The molecule has 22 heteroatoms. The van der Waals surface area contributed by atoms with Crippen molar-refractivity contribution in [1.82, 2.24) is 24.8 Å². The van der Waals surface area contributed by atoms with Gasteiger partial charge in [0.15, 0.2) is 0 Å². The maximum absolute atomic E-state index is 10.7. The molecule has 0 atom stereocenters. The minimum absolute atomic E-state index is 0. The predicted octanol–water partition coefficient (Wildman–Crippen LogP) is 11.9. The average Bonchev–Trinajstić information content (AvgIpc) is 2.93. The van der Waals surface area contributed by atoms with Crippen molar-refractivity contribution in [2.75, 3.05) is 0 Å². The molecule has 4 rings (SSSR count). The largest absolute Gasteiger partial charge is 3.00 e. The number of nitrogens with zero attached hydrogens (tertiary/aromatic N) is 7. The van der Waals surface area contributed by atoms with Gasteiger partial charge in [-0.2, -0.15) is 10.5 Å². The summed E-state index contributed by atoms with van der Waals surface area (Å²) >= 11 is 0. The summed E-state index contributed by atoms with van der Waals surface area (Å²) in [6.45, 7) is 4.18. The zero-order valence-electron chi connectivity index (χ0n) is 25.1. The van der Waals surface area contributed by atoms with E-state index >= 15 is 0 Å². The second-order valence-corrected chi connectivity index (χ2v) is 12.7. The molecule has 0 unspecified atom stereocenters. The van der Waals surface area contributed by atoms with Crippen molar-refractivity contribution < 1.29 is 69.8 Å². The Kier molecular flexibility index (Phi) is 17.1.